The molecule has 24 heavy (non-hydrogen) atoms. The molecule has 1 fully saturated rings. The third kappa shape index (κ3) is 3.22. The maximum atomic E-state index is 5.99. The number of piperidine rings is 1. The fourth-order valence-electron chi connectivity index (χ4n) is 3.18. The summed E-state index contributed by atoms with van der Waals surface area (Å²) in [5.41, 5.74) is 2.28. The van der Waals surface area contributed by atoms with Gasteiger partial charge in [0.15, 0.2) is 0 Å². The summed E-state index contributed by atoms with van der Waals surface area (Å²) >= 11 is 3.56. The van der Waals surface area contributed by atoms with Crippen molar-refractivity contribution in [3.63, 3.8) is 0 Å². The molecule has 3 aromatic rings. The Balaban J connectivity index is 1.49. The van der Waals surface area contributed by atoms with Crippen molar-refractivity contribution in [2.45, 2.75) is 18.9 Å². The maximum absolute atomic E-state index is 5.99. The van der Waals surface area contributed by atoms with Crippen LogP contribution < -0.4 is 9.64 Å². The van der Waals surface area contributed by atoms with Gasteiger partial charge in [0, 0.05) is 59.9 Å². The Morgan fingerprint density at radius 2 is 1.88 bits per heavy atom. The number of anilines is 1. The van der Waals surface area contributed by atoms with Crippen LogP contribution in [-0.4, -0.2) is 29.2 Å². The predicted molar refractivity (Wildman–Crippen MR) is 99.5 cm³/mol. The van der Waals surface area contributed by atoms with Crippen LogP contribution in [0.4, 0.5) is 5.69 Å². The molecule has 0 amide bonds. The highest BCUT2D eigenvalue weighted by Gasteiger charge is 2.22. The van der Waals surface area contributed by atoms with Crippen LogP contribution in [0.2, 0.25) is 0 Å². The van der Waals surface area contributed by atoms with Gasteiger partial charge in [-0.15, -0.1) is 0 Å². The first-order chi connectivity index (χ1) is 11.8. The van der Waals surface area contributed by atoms with Gasteiger partial charge in [-0.3, -0.25) is 4.98 Å². The molecule has 0 atom stereocenters. The van der Waals surface area contributed by atoms with Gasteiger partial charge >= 0.3 is 0 Å². The van der Waals surface area contributed by atoms with Crippen LogP contribution in [0.5, 0.6) is 5.88 Å². The lowest BCUT2D eigenvalue weighted by Crippen LogP contribution is -2.38. The third-order valence-corrected chi connectivity index (χ3v) is 4.88. The van der Waals surface area contributed by atoms with E-state index in [1.807, 2.05) is 30.5 Å². The summed E-state index contributed by atoms with van der Waals surface area (Å²) in [6.07, 6.45) is 5.88. The first-order valence-electron chi connectivity index (χ1n) is 8.16. The first kappa shape index (κ1) is 15.4. The predicted octanol–water partition coefficient (Wildman–Crippen LogP) is 4.44. The zero-order valence-electron chi connectivity index (χ0n) is 13.2. The average molecular weight is 384 g/mol. The molecule has 1 aliphatic rings. The van der Waals surface area contributed by atoms with E-state index in [-0.39, 0.29) is 6.10 Å². The van der Waals surface area contributed by atoms with Crippen LogP contribution in [0.3, 0.4) is 0 Å². The Labute approximate surface area is 149 Å². The van der Waals surface area contributed by atoms with E-state index in [1.54, 1.807) is 6.20 Å². The molecule has 0 bridgehead atoms. The molecular formula is C19H18BrN3O. The summed E-state index contributed by atoms with van der Waals surface area (Å²) in [7, 11) is 0. The van der Waals surface area contributed by atoms with Crippen molar-refractivity contribution in [1.82, 2.24) is 9.97 Å². The second-order valence-electron chi connectivity index (χ2n) is 5.96. The Kier molecular flexibility index (Phi) is 4.34. The molecule has 1 aliphatic heterocycles. The van der Waals surface area contributed by atoms with E-state index in [2.05, 4.69) is 49.0 Å². The number of aromatic nitrogens is 2. The summed E-state index contributed by atoms with van der Waals surface area (Å²) in [5, 5.41) is 1.19. The molecule has 0 N–H and O–H groups in total. The van der Waals surface area contributed by atoms with Crippen LogP contribution in [-0.2, 0) is 0 Å². The summed E-state index contributed by atoms with van der Waals surface area (Å²) in [6.45, 7) is 1.95. The first-order valence-corrected chi connectivity index (χ1v) is 8.96. The van der Waals surface area contributed by atoms with Gasteiger partial charge in [0.1, 0.15) is 6.10 Å². The number of rotatable bonds is 3. The number of hydrogen-bond donors (Lipinski definition) is 0. The normalized spacial score (nSPS) is 15.6. The van der Waals surface area contributed by atoms with Crippen molar-refractivity contribution in [1.29, 1.82) is 0 Å². The van der Waals surface area contributed by atoms with Crippen molar-refractivity contribution in [3.8, 4) is 5.88 Å². The summed E-state index contributed by atoms with van der Waals surface area (Å²) < 4.78 is 7.07. The summed E-state index contributed by atoms with van der Waals surface area (Å²) in [4.78, 5) is 11.1. The van der Waals surface area contributed by atoms with E-state index in [1.165, 1.54) is 11.1 Å². The quantitative estimate of drug-likeness (QED) is 0.669. The molecule has 0 saturated carbocycles. The minimum atomic E-state index is 0.232. The Morgan fingerprint density at radius 3 is 2.67 bits per heavy atom. The van der Waals surface area contributed by atoms with E-state index in [0.29, 0.717) is 5.88 Å². The minimum absolute atomic E-state index is 0.232. The molecule has 3 heterocycles. The number of hydrogen-bond acceptors (Lipinski definition) is 4. The molecule has 122 valence electrons. The number of nitrogens with zero attached hydrogens (tertiary/aromatic N) is 3. The van der Waals surface area contributed by atoms with Gasteiger partial charge in [-0.25, -0.2) is 4.98 Å². The SMILES string of the molecule is Brc1ccc2nccc(N3CCC(Oc4ccccn4)CC3)c2c1. The van der Waals surface area contributed by atoms with E-state index in [0.717, 1.165) is 35.9 Å². The minimum Gasteiger partial charge on any atom is -0.474 e. The second-order valence-corrected chi connectivity index (χ2v) is 6.88. The molecule has 1 aromatic carbocycles. The van der Waals surface area contributed by atoms with Gasteiger partial charge in [0.05, 0.1) is 5.52 Å². The van der Waals surface area contributed by atoms with E-state index in [4.69, 9.17) is 4.74 Å². The highest BCUT2D eigenvalue weighted by molar-refractivity contribution is 9.10. The fourth-order valence-corrected chi connectivity index (χ4v) is 3.54. The van der Waals surface area contributed by atoms with Gasteiger partial charge in [0.2, 0.25) is 5.88 Å². The summed E-state index contributed by atoms with van der Waals surface area (Å²) in [6, 6.07) is 14.1. The molecule has 0 aliphatic carbocycles. The lowest BCUT2D eigenvalue weighted by Gasteiger charge is -2.34. The molecule has 0 radical (unpaired) electrons. The van der Waals surface area contributed by atoms with Gasteiger partial charge in [-0.05, 0) is 30.3 Å². The maximum Gasteiger partial charge on any atom is 0.213 e. The molecule has 2 aromatic heterocycles. The summed E-state index contributed by atoms with van der Waals surface area (Å²) in [5.74, 6) is 0.717. The molecule has 4 rings (SSSR count). The molecule has 5 heteroatoms. The Hall–Kier alpha value is -2.14. The lowest BCUT2D eigenvalue weighted by molar-refractivity contribution is 0.164. The average Bonchev–Trinajstić information content (AvgIpc) is 2.63. The van der Waals surface area contributed by atoms with Crippen molar-refractivity contribution in [2.75, 3.05) is 18.0 Å². The smallest absolute Gasteiger partial charge is 0.213 e. The highest BCUT2D eigenvalue weighted by atomic mass is 79.9. The van der Waals surface area contributed by atoms with Crippen molar-refractivity contribution in [3.05, 3.63) is 59.3 Å². The van der Waals surface area contributed by atoms with E-state index >= 15 is 0 Å². The van der Waals surface area contributed by atoms with Gasteiger partial charge in [-0.2, -0.15) is 0 Å². The Morgan fingerprint density at radius 1 is 1.00 bits per heavy atom. The highest BCUT2D eigenvalue weighted by Crippen LogP contribution is 2.30. The van der Waals surface area contributed by atoms with Crippen LogP contribution in [0.25, 0.3) is 10.9 Å². The van der Waals surface area contributed by atoms with Crippen molar-refractivity contribution in [2.24, 2.45) is 0 Å². The molecule has 0 unspecified atom stereocenters. The van der Waals surface area contributed by atoms with E-state index < -0.39 is 0 Å². The van der Waals surface area contributed by atoms with Gasteiger partial charge in [-0.1, -0.05) is 22.0 Å². The largest absolute Gasteiger partial charge is 0.474 e. The van der Waals surface area contributed by atoms with Crippen LogP contribution in [0.15, 0.2) is 59.3 Å². The van der Waals surface area contributed by atoms with Crippen LogP contribution >= 0.6 is 15.9 Å². The van der Waals surface area contributed by atoms with Crippen LogP contribution in [0.1, 0.15) is 12.8 Å². The number of benzene rings is 1. The fraction of sp³-hybridized carbons (Fsp3) is 0.263. The standard InChI is InChI=1S/C19H18BrN3O/c20-14-4-5-17-16(13-14)18(6-10-21-17)23-11-7-15(8-12-23)24-19-3-1-2-9-22-19/h1-6,9-10,13,15H,7-8,11-12H2. The Bertz CT molecular complexity index is 832. The molecule has 4 nitrogen and oxygen atoms in total. The lowest BCUT2D eigenvalue weighted by atomic mass is 10.1. The zero-order valence-corrected chi connectivity index (χ0v) is 14.8. The molecule has 0 spiro atoms. The molecular weight excluding hydrogens is 366 g/mol. The van der Waals surface area contributed by atoms with E-state index in [9.17, 15) is 0 Å². The molecule has 1 saturated heterocycles. The topological polar surface area (TPSA) is 38.2 Å². The van der Waals surface area contributed by atoms with Crippen LogP contribution in [0, 0.1) is 0 Å². The van der Waals surface area contributed by atoms with Gasteiger partial charge < -0.3 is 9.64 Å². The second kappa shape index (κ2) is 6.77. The monoisotopic (exact) mass is 383 g/mol. The number of fused-ring (bicyclic) bond motifs is 1. The third-order valence-electron chi connectivity index (χ3n) is 4.39. The number of pyridine rings is 2. The number of ether oxygens (including phenoxy) is 1. The van der Waals surface area contributed by atoms with Crippen molar-refractivity contribution >= 4 is 32.5 Å². The van der Waals surface area contributed by atoms with Gasteiger partial charge in [0.25, 0.3) is 0 Å². The van der Waals surface area contributed by atoms with Crippen molar-refractivity contribution < 1.29 is 4.74 Å². The number of halogens is 1. The zero-order chi connectivity index (χ0) is 16.4.